The molecule has 6 nitrogen and oxygen atoms in total. The Balaban J connectivity index is 1.76. The molecular formula is C17H15NO5. The molecule has 0 amide bonds. The van der Waals surface area contributed by atoms with Crippen molar-refractivity contribution in [2.45, 2.75) is 25.0 Å². The van der Waals surface area contributed by atoms with Gasteiger partial charge in [0, 0.05) is 6.07 Å². The van der Waals surface area contributed by atoms with Gasteiger partial charge in [-0.25, -0.2) is 0 Å². The van der Waals surface area contributed by atoms with Gasteiger partial charge < -0.3 is 24.4 Å². The first kappa shape index (κ1) is 12.9. The summed E-state index contributed by atoms with van der Waals surface area (Å²) in [4.78, 5) is 0. The maximum absolute atomic E-state index is 10.8. The molecule has 1 aromatic heterocycles. The SMILES string of the molecule is CC12C=CC(C)(O1)c1c2c(O)n(-c2ccc3c(c2)OCO3)c1O. The van der Waals surface area contributed by atoms with Gasteiger partial charge in [-0.05, 0) is 38.1 Å². The fraction of sp³-hybridized carbons (Fsp3) is 0.294. The number of nitrogens with zero attached hydrogens (tertiary/aromatic N) is 1. The molecule has 4 heterocycles. The van der Waals surface area contributed by atoms with Crippen molar-refractivity contribution in [2.75, 3.05) is 6.79 Å². The number of fused-ring (bicyclic) bond motifs is 6. The van der Waals surface area contributed by atoms with Crippen LogP contribution in [0.15, 0.2) is 30.4 Å². The van der Waals surface area contributed by atoms with E-state index in [4.69, 9.17) is 14.2 Å². The maximum Gasteiger partial charge on any atom is 0.231 e. The smallest absolute Gasteiger partial charge is 0.231 e. The molecular weight excluding hydrogens is 298 g/mol. The second-order valence-electron chi connectivity index (χ2n) is 6.42. The van der Waals surface area contributed by atoms with Crippen LogP contribution in [0, 0.1) is 0 Å². The normalized spacial score (nSPS) is 29.3. The number of ether oxygens (including phenoxy) is 3. The van der Waals surface area contributed by atoms with Crippen molar-refractivity contribution in [3.05, 3.63) is 41.5 Å². The highest BCUT2D eigenvalue weighted by atomic mass is 16.7. The van der Waals surface area contributed by atoms with Crippen molar-refractivity contribution in [2.24, 2.45) is 0 Å². The molecule has 0 spiro atoms. The van der Waals surface area contributed by atoms with Crippen LogP contribution in [0.4, 0.5) is 0 Å². The average molecular weight is 313 g/mol. The second kappa shape index (κ2) is 3.65. The van der Waals surface area contributed by atoms with Crippen LogP contribution in [0.5, 0.6) is 23.3 Å². The lowest BCUT2D eigenvalue weighted by Crippen LogP contribution is -2.19. The third kappa shape index (κ3) is 1.37. The minimum Gasteiger partial charge on any atom is -0.494 e. The minimum atomic E-state index is -0.729. The maximum atomic E-state index is 10.8. The summed E-state index contributed by atoms with van der Waals surface area (Å²) >= 11 is 0. The third-order valence-electron chi connectivity index (χ3n) is 4.87. The highest BCUT2D eigenvalue weighted by molar-refractivity contribution is 5.64. The van der Waals surface area contributed by atoms with E-state index >= 15 is 0 Å². The molecule has 0 fully saturated rings. The van der Waals surface area contributed by atoms with E-state index in [1.807, 2.05) is 26.0 Å². The van der Waals surface area contributed by atoms with E-state index in [9.17, 15) is 10.2 Å². The van der Waals surface area contributed by atoms with Crippen molar-refractivity contribution in [3.63, 3.8) is 0 Å². The number of aromatic nitrogens is 1. The molecule has 0 saturated carbocycles. The van der Waals surface area contributed by atoms with Gasteiger partial charge in [-0.1, -0.05) is 0 Å². The van der Waals surface area contributed by atoms with E-state index in [1.54, 1.807) is 18.2 Å². The molecule has 118 valence electrons. The standard InChI is InChI=1S/C17H15NO5/c1-16-5-6-17(2,23-16)13-12(16)14(19)18(15(13)20)9-3-4-10-11(7-9)22-8-21-10/h3-7,19-20H,8H2,1-2H3. The van der Waals surface area contributed by atoms with E-state index in [1.165, 1.54) is 4.57 Å². The fourth-order valence-electron chi connectivity index (χ4n) is 3.85. The molecule has 5 rings (SSSR count). The lowest BCUT2D eigenvalue weighted by atomic mass is 9.86. The van der Waals surface area contributed by atoms with Crippen LogP contribution in [0.2, 0.25) is 0 Å². The Hall–Kier alpha value is -2.60. The first-order chi connectivity index (χ1) is 10.9. The van der Waals surface area contributed by atoms with Gasteiger partial charge in [0.2, 0.25) is 18.6 Å². The van der Waals surface area contributed by atoms with E-state index in [0.29, 0.717) is 28.3 Å². The van der Waals surface area contributed by atoms with Crippen LogP contribution in [0.1, 0.15) is 25.0 Å². The van der Waals surface area contributed by atoms with E-state index in [-0.39, 0.29) is 18.6 Å². The third-order valence-corrected chi connectivity index (χ3v) is 4.87. The van der Waals surface area contributed by atoms with Crippen molar-refractivity contribution in [3.8, 4) is 28.9 Å². The molecule has 2 aromatic rings. The van der Waals surface area contributed by atoms with Gasteiger partial charge in [-0.3, -0.25) is 4.57 Å². The lowest BCUT2D eigenvalue weighted by molar-refractivity contribution is -0.0517. The summed E-state index contributed by atoms with van der Waals surface area (Å²) < 4.78 is 18.1. The lowest BCUT2D eigenvalue weighted by Gasteiger charge is -2.21. The zero-order valence-electron chi connectivity index (χ0n) is 12.7. The van der Waals surface area contributed by atoms with Gasteiger partial charge in [0.05, 0.1) is 16.8 Å². The molecule has 2 unspecified atom stereocenters. The zero-order chi connectivity index (χ0) is 16.0. The van der Waals surface area contributed by atoms with Crippen molar-refractivity contribution >= 4 is 0 Å². The Labute approximate surface area is 132 Å². The van der Waals surface area contributed by atoms with Crippen molar-refractivity contribution in [1.29, 1.82) is 0 Å². The molecule has 6 heteroatoms. The fourth-order valence-corrected chi connectivity index (χ4v) is 3.85. The Morgan fingerprint density at radius 1 is 0.957 bits per heavy atom. The van der Waals surface area contributed by atoms with Crippen LogP contribution in [0.3, 0.4) is 0 Å². The molecule has 1 aromatic carbocycles. The molecule has 23 heavy (non-hydrogen) atoms. The summed E-state index contributed by atoms with van der Waals surface area (Å²) in [5.41, 5.74) is 0.362. The quantitative estimate of drug-likeness (QED) is 0.792. The number of rotatable bonds is 1. The van der Waals surface area contributed by atoms with Gasteiger partial charge >= 0.3 is 0 Å². The van der Waals surface area contributed by atoms with Crippen molar-refractivity contribution < 1.29 is 24.4 Å². The van der Waals surface area contributed by atoms with Gasteiger partial charge in [-0.15, -0.1) is 0 Å². The molecule has 2 atom stereocenters. The Bertz CT molecular complexity index is 857. The highest BCUT2D eigenvalue weighted by Gasteiger charge is 2.56. The van der Waals surface area contributed by atoms with Gasteiger partial charge in [0.25, 0.3) is 0 Å². The Kier molecular flexibility index (Phi) is 2.05. The van der Waals surface area contributed by atoms with Crippen LogP contribution in [0.25, 0.3) is 5.69 Å². The molecule has 3 aliphatic rings. The van der Waals surface area contributed by atoms with Gasteiger partial charge in [0.15, 0.2) is 11.5 Å². The predicted octanol–water partition coefficient (Wildman–Crippen LogP) is 2.65. The summed E-state index contributed by atoms with van der Waals surface area (Å²) in [6, 6.07) is 5.26. The molecule has 0 radical (unpaired) electrons. The molecule has 2 bridgehead atoms. The minimum absolute atomic E-state index is 0.0214. The first-order valence-electron chi connectivity index (χ1n) is 7.41. The summed E-state index contributed by atoms with van der Waals surface area (Å²) in [5, 5.41) is 21.5. The zero-order valence-corrected chi connectivity index (χ0v) is 12.7. The number of hydrogen-bond donors (Lipinski definition) is 2. The van der Waals surface area contributed by atoms with Crippen molar-refractivity contribution in [1.82, 2.24) is 4.57 Å². The molecule has 2 N–H and O–H groups in total. The van der Waals surface area contributed by atoms with Crippen LogP contribution in [-0.2, 0) is 15.9 Å². The first-order valence-corrected chi connectivity index (χ1v) is 7.41. The molecule has 0 saturated heterocycles. The summed E-state index contributed by atoms with van der Waals surface area (Å²) in [6.45, 7) is 3.93. The molecule has 3 aliphatic heterocycles. The monoisotopic (exact) mass is 313 g/mol. The Morgan fingerprint density at radius 2 is 1.57 bits per heavy atom. The largest absolute Gasteiger partial charge is 0.494 e. The van der Waals surface area contributed by atoms with Gasteiger partial charge in [-0.2, -0.15) is 0 Å². The van der Waals surface area contributed by atoms with E-state index in [0.717, 1.165) is 0 Å². The average Bonchev–Trinajstić information content (AvgIpc) is 3.19. The highest BCUT2D eigenvalue weighted by Crippen LogP contribution is 2.61. The van der Waals surface area contributed by atoms with Crippen LogP contribution >= 0.6 is 0 Å². The summed E-state index contributed by atoms with van der Waals surface area (Å²) in [6.07, 6.45) is 3.83. The van der Waals surface area contributed by atoms with Gasteiger partial charge in [0.1, 0.15) is 11.2 Å². The van der Waals surface area contributed by atoms with E-state index in [2.05, 4.69) is 0 Å². The number of benzene rings is 1. The topological polar surface area (TPSA) is 73.1 Å². The summed E-state index contributed by atoms with van der Waals surface area (Å²) in [5.74, 6) is 1.19. The number of hydrogen-bond acceptors (Lipinski definition) is 5. The summed E-state index contributed by atoms with van der Waals surface area (Å²) in [7, 11) is 0. The van der Waals surface area contributed by atoms with Crippen LogP contribution in [-0.4, -0.2) is 21.6 Å². The Morgan fingerprint density at radius 3 is 2.22 bits per heavy atom. The predicted molar refractivity (Wildman–Crippen MR) is 80.2 cm³/mol. The van der Waals surface area contributed by atoms with E-state index < -0.39 is 11.2 Å². The van der Waals surface area contributed by atoms with Crippen LogP contribution < -0.4 is 9.47 Å². The molecule has 0 aliphatic carbocycles. The second-order valence-corrected chi connectivity index (χ2v) is 6.42. The number of aromatic hydroxyl groups is 2.